The number of nitrogens with zero attached hydrogens (tertiary/aromatic N) is 2. The number of thiophene rings is 1. The summed E-state index contributed by atoms with van der Waals surface area (Å²) < 4.78 is 1.94. The second-order valence-electron chi connectivity index (χ2n) is 4.51. The highest BCUT2D eigenvalue weighted by molar-refractivity contribution is 7.20. The summed E-state index contributed by atoms with van der Waals surface area (Å²) in [4.78, 5) is 12.4. The number of aromatic nitrogens is 2. The van der Waals surface area contributed by atoms with Crippen LogP contribution in [-0.2, 0) is 13.0 Å². The predicted molar refractivity (Wildman–Crippen MR) is 68.8 cm³/mol. The maximum atomic E-state index is 11.0. The summed E-state index contributed by atoms with van der Waals surface area (Å²) in [7, 11) is 0. The fourth-order valence-electron chi connectivity index (χ4n) is 1.86. The molecule has 0 saturated carbocycles. The van der Waals surface area contributed by atoms with E-state index in [0.717, 1.165) is 28.9 Å². The molecule has 0 aromatic carbocycles. The largest absolute Gasteiger partial charge is 0.477 e. The zero-order valence-corrected chi connectivity index (χ0v) is 11.0. The SMILES string of the molecule is CCc1nn(CC(C)C)c2sc(C(=O)O)cc12. The molecule has 0 aliphatic heterocycles. The molecule has 0 spiro atoms. The first-order valence-electron chi connectivity index (χ1n) is 5.75. The molecular formula is C12H16N2O2S. The van der Waals surface area contributed by atoms with Crippen LogP contribution in [0, 0.1) is 5.92 Å². The van der Waals surface area contributed by atoms with Crippen molar-refractivity contribution in [1.82, 2.24) is 9.78 Å². The van der Waals surface area contributed by atoms with E-state index in [0.29, 0.717) is 10.8 Å². The second-order valence-corrected chi connectivity index (χ2v) is 5.54. The molecule has 0 amide bonds. The summed E-state index contributed by atoms with van der Waals surface area (Å²) in [5, 5.41) is 14.6. The van der Waals surface area contributed by atoms with Crippen LogP contribution in [0.15, 0.2) is 6.07 Å². The zero-order chi connectivity index (χ0) is 12.6. The Kier molecular flexibility index (Phi) is 3.19. The molecule has 0 unspecified atom stereocenters. The van der Waals surface area contributed by atoms with E-state index in [9.17, 15) is 4.79 Å². The lowest BCUT2D eigenvalue weighted by Crippen LogP contribution is -2.05. The smallest absolute Gasteiger partial charge is 0.345 e. The Hall–Kier alpha value is -1.36. The molecule has 0 aliphatic rings. The minimum absolute atomic E-state index is 0.393. The Balaban J connectivity index is 2.56. The number of hydrogen-bond acceptors (Lipinski definition) is 3. The van der Waals surface area contributed by atoms with Gasteiger partial charge in [-0.3, -0.25) is 4.68 Å². The van der Waals surface area contributed by atoms with E-state index in [-0.39, 0.29) is 0 Å². The quantitative estimate of drug-likeness (QED) is 0.910. The first-order chi connectivity index (χ1) is 8.02. The molecule has 2 rings (SSSR count). The summed E-state index contributed by atoms with van der Waals surface area (Å²) in [6.07, 6.45) is 0.831. The van der Waals surface area contributed by atoms with Crippen molar-refractivity contribution < 1.29 is 9.90 Å². The normalized spacial score (nSPS) is 11.5. The van der Waals surface area contributed by atoms with E-state index in [4.69, 9.17) is 5.11 Å². The molecule has 92 valence electrons. The number of hydrogen-bond donors (Lipinski definition) is 1. The molecule has 5 heteroatoms. The molecule has 17 heavy (non-hydrogen) atoms. The molecule has 2 aromatic heterocycles. The van der Waals surface area contributed by atoms with Crippen LogP contribution in [0.5, 0.6) is 0 Å². The first-order valence-corrected chi connectivity index (χ1v) is 6.57. The highest BCUT2D eigenvalue weighted by atomic mass is 32.1. The van der Waals surface area contributed by atoms with Gasteiger partial charge in [0.1, 0.15) is 9.71 Å². The van der Waals surface area contributed by atoms with E-state index in [2.05, 4.69) is 18.9 Å². The fourth-order valence-corrected chi connectivity index (χ4v) is 2.84. The molecule has 0 radical (unpaired) electrons. The Morgan fingerprint density at radius 2 is 2.29 bits per heavy atom. The van der Waals surface area contributed by atoms with Gasteiger partial charge in [0.15, 0.2) is 0 Å². The van der Waals surface area contributed by atoms with Crippen LogP contribution in [0.25, 0.3) is 10.2 Å². The van der Waals surface area contributed by atoms with Gasteiger partial charge in [-0.1, -0.05) is 20.8 Å². The molecule has 0 fully saturated rings. The minimum Gasteiger partial charge on any atom is -0.477 e. The monoisotopic (exact) mass is 252 g/mol. The maximum absolute atomic E-state index is 11.0. The molecule has 0 aliphatic carbocycles. The van der Waals surface area contributed by atoms with Gasteiger partial charge in [-0.25, -0.2) is 4.79 Å². The van der Waals surface area contributed by atoms with Gasteiger partial charge in [-0.15, -0.1) is 11.3 Å². The van der Waals surface area contributed by atoms with Gasteiger partial charge in [0, 0.05) is 11.9 Å². The maximum Gasteiger partial charge on any atom is 0.345 e. The van der Waals surface area contributed by atoms with Crippen LogP contribution < -0.4 is 0 Å². The number of carboxylic acids is 1. The summed E-state index contributed by atoms with van der Waals surface area (Å²) >= 11 is 1.31. The summed E-state index contributed by atoms with van der Waals surface area (Å²) in [5.74, 6) is -0.359. The van der Waals surface area contributed by atoms with Crippen LogP contribution >= 0.6 is 11.3 Å². The Morgan fingerprint density at radius 1 is 1.59 bits per heavy atom. The van der Waals surface area contributed by atoms with Crippen molar-refractivity contribution in [2.24, 2.45) is 5.92 Å². The van der Waals surface area contributed by atoms with Gasteiger partial charge < -0.3 is 5.11 Å². The lowest BCUT2D eigenvalue weighted by molar-refractivity contribution is 0.0702. The Labute approximate surface area is 104 Å². The van der Waals surface area contributed by atoms with Gasteiger partial charge in [0.05, 0.1) is 5.69 Å². The van der Waals surface area contributed by atoms with Gasteiger partial charge in [0.25, 0.3) is 0 Å². The summed E-state index contributed by atoms with van der Waals surface area (Å²) in [6.45, 7) is 7.13. The topological polar surface area (TPSA) is 55.1 Å². The average Bonchev–Trinajstić information content (AvgIpc) is 2.78. The predicted octanol–water partition coefficient (Wildman–Crippen LogP) is 3.01. The summed E-state index contributed by atoms with van der Waals surface area (Å²) in [5.41, 5.74) is 0.990. The fraction of sp³-hybridized carbons (Fsp3) is 0.500. The van der Waals surface area contributed by atoms with Crippen LogP contribution in [0.1, 0.15) is 36.1 Å². The number of carbonyl (C=O) groups is 1. The molecule has 0 saturated heterocycles. The minimum atomic E-state index is -0.857. The van der Waals surface area contributed by atoms with Crippen molar-refractivity contribution in [3.05, 3.63) is 16.6 Å². The first kappa shape index (κ1) is 12.1. The third-order valence-electron chi connectivity index (χ3n) is 2.58. The number of aromatic carboxylic acids is 1. The number of aryl methyl sites for hydroxylation is 1. The third kappa shape index (κ3) is 2.20. The number of carboxylic acid groups (broad SMARTS) is 1. The van der Waals surface area contributed by atoms with Crippen molar-refractivity contribution in [2.75, 3.05) is 0 Å². The van der Waals surface area contributed by atoms with Gasteiger partial charge in [-0.05, 0) is 18.4 Å². The second kappa shape index (κ2) is 4.49. The van der Waals surface area contributed by atoms with Crippen molar-refractivity contribution >= 4 is 27.5 Å². The molecular weight excluding hydrogens is 236 g/mol. The molecule has 2 aromatic rings. The molecule has 4 nitrogen and oxygen atoms in total. The van der Waals surface area contributed by atoms with E-state index < -0.39 is 5.97 Å². The zero-order valence-electron chi connectivity index (χ0n) is 10.2. The average molecular weight is 252 g/mol. The molecule has 0 bridgehead atoms. The van der Waals surface area contributed by atoms with Crippen LogP contribution in [0.3, 0.4) is 0 Å². The Bertz CT molecular complexity index is 554. The van der Waals surface area contributed by atoms with Gasteiger partial charge in [-0.2, -0.15) is 5.10 Å². The van der Waals surface area contributed by atoms with Crippen molar-refractivity contribution in [1.29, 1.82) is 0 Å². The molecule has 2 heterocycles. The highest BCUT2D eigenvalue weighted by Gasteiger charge is 2.16. The standard InChI is InChI=1S/C12H16N2O2S/c1-4-9-8-5-10(12(15)16)17-11(8)14(13-9)6-7(2)3/h5,7H,4,6H2,1-3H3,(H,15,16). The third-order valence-corrected chi connectivity index (χ3v) is 3.72. The van der Waals surface area contributed by atoms with Gasteiger partial charge >= 0.3 is 5.97 Å². The summed E-state index contributed by atoms with van der Waals surface area (Å²) in [6, 6.07) is 1.74. The van der Waals surface area contributed by atoms with E-state index in [1.54, 1.807) is 6.07 Å². The van der Waals surface area contributed by atoms with Crippen molar-refractivity contribution in [2.45, 2.75) is 33.7 Å². The van der Waals surface area contributed by atoms with Gasteiger partial charge in [0.2, 0.25) is 0 Å². The number of rotatable bonds is 4. The van der Waals surface area contributed by atoms with E-state index in [1.807, 2.05) is 11.6 Å². The van der Waals surface area contributed by atoms with Crippen LogP contribution in [-0.4, -0.2) is 20.9 Å². The highest BCUT2D eigenvalue weighted by Crippen LogP contribution is 2.29. The molecule has 0 atom stereocenters. The van der Waals surface area contributed by atoms with E-state index in [1.165, 1.54) is 11.3 Å². The van der Waals surface area contributed by atoms with Crippen LogP contribution in [0.4, 0.5) is 0 Å². The van der Waals surface area contributed by atoms with Crippen molar-refractivity contribution in [3.8, 4) is 0 Å². The number of fused-ring (bicyclic) bond motifs is 1. The lowest BCUT2D eigenvalue weighted by atomic mass is 10.2. The molecule has 1 N–H and O–H groups in total. The van der Waals surface area contributed by atoms with Crippen LogP contribution in [0.2, 0.25) is 0 Å². The van der Waals surface area contributed by atoms with E-state index >= 15 is 0 Å². The van der Waals surface area contributed by atoms with Crippen molar-refractivity contribution in [3.63, 3.8) is 0 Å². The Morgan fingerprint density at radius 3 is 2.82 bits per heavy atom. The lowest BCUT2D eigenvalue weighted by Gasteiger charge is -2.04.